The van der Waals surface area contributed by atoms with Crippen LogP contribution in [0, 0.1) is 11.6 Å². The van der Waals surface area contributed by atoms with E-state index in [1.54, 1.807) is 18.2 Å². The summed E-state index contributed by atoms with van der Waals surface area (Å²) in [6.45, 7) is 2.14. The summed E-state index contributed by atoms with van der Waals surface area (Å²) in [5, 5.41) is 9.85. The molecule has 2 aliphatic heterocycles. The standard InChI is InChI=1S/C26H29F2N5O3/c1-35-23-5-4-15(11-20(23)28)24(21-3-2-8-29-21)33-25(34)16-12-19(27)18-14-30-26(32-22(18)13-16)31-17-6-9-36-10-7-17/h4-5,11-14,17,21,24,29H,2-3,6-10H2,1H3,(H,33,34)(H,30,31,32)/t21-,24+/m0/s1. The predicted octanol–water partition coefficient (Wildman–Crippen LogP) is 3.73. The highest BCUT2D eigenvalue weighted by Crippen LogP contribution is 2.28. The highest BCUT2D eigenvalue weighted by Gasteiger charge is 2.29. The minimum absolute atomic E-state index is 0.0790. The average Bonchev–Trinajstić information content (AvgIpc) is 3.42. The number of hydrogen-bond acceptors (Lipinski definition) is 7. The molecular formula is C26H29F2N5O3. The predicted molar refractivity (Wildman–Crippen MR) is 131 cm³/mol. The molecule has 3 heterocycles. The molecule has 1 amide bonds. The van der Waals surface area contributed by atoms with Crippen LogP contribution in [0.25, 0.3) is 10.9 Å². The molecule has 10 heteroatoms. The van der Waals surface area contributed by atoms with E-state index >= 15 is 0 Å². The first-order valence-electron chi connectivity index (χ1n) is 12.2. The van der Waals surface area contributed by atoms with Crippen molar-refractivity contribution in [2.45, 2.75) is 43.8 Å². The molecule has 5 rings (SSSR count). The number of nitrogens with one attached hydrogen (secondary N) is 3. The van der Waals surface area contributed by atoms with Gasteiger partial charge in [-0.2, -0.15) is 0 Å². The SMILES string of the molecule is COc1ccc([C@@H](NC(=O)c2cc(F)c3cnc(NC4CCOCC4)nc3c2)[C@@H]2CCCN2)cc1F. The Morgan fingerprint density at radius 1 is 1.17 bits per heavy atom. The number of hydrogen-bond donors (Lipinski definition) is 3. The molecule has 2 atom stereocenters. The van der Waals surface area contributed by atoms with Gasteiger partial charge in [0.2, 0.25) is 5.95 Å². The molecule has 3 N–H and O–H groups in total. The van der Waals surface area contributed by atoms with Gasteiger partial charge >= 0.3 is 0 Å². The maximum absolute atomic E-state index is 14.9. The minimum atomic E-state index is -0.582. The van der Waals surface area contributed by atoms with Crippen LogP contribution in [0.5, 0.6) is 5.75 Å². The van der Waals surface area contributed by atoms with Gasteiger partial charge in [0.05, 0.1) is 24.1 Å². The molecule has 190 valence electrons. The zero-order chi connectivity index (χ0) is 25.1. The van der Waals surface area contributed by atoms with Crippen LogP contribution in [0.3, 0.4) is 0 Å². The second-order valence-electron chi connectivity index (χ2n) is 9.16. The molecule has 2 saturated heterocycles. The van der Waals surface area contributed by atoms with Crippen LogP contribution >= 0.6 is 0 Å². The fourth-order valence-electron chi connectivity index (χ4n) is 4.83. The smallest absolute Gasteiger partial charge is 0.252 e. The first kappa shape index (κ1) is 24.3. The second kappa shape index (κ2) is 10.7. The number of carbonyl (C=O) groups is 1. The summed E-state index contributed by atoms with van der Waals surface area (Å²) >= 11 is 0. The number of methoxy groups -OCH3 is 1. The molecular weight excluding hydrogens is 468 g/mol. The number of benzene rings is 2. The Kier molecular flexibility index (Phi) is 7.24. The molecule has 3 aromatic rings. The topological polar surface area (TPSA) is 97.4 Å². The van der Waals surface area contributed by atoms with Crippen LogP contribution in [-0.2, 0) is 4.74 Å². The van der Waals surface area contributed by atoms with Gasteiger partial charge in [-0.15, -0.1) is 0 Å². The van der Waals surface area contributed by atoms with Crippen molar-refractivity contribution in [3.8, 4) is 5.75 Å². The van der Waals surface area contributed by atoms with Crippen LogP contribution < -0.4 is 20.7 Å². The third kappa shape index (κ3) is 5.24. The summed E-state index contributed by atoms with van der Waals surface area (Å²) < 4.78 is 39.8. The van der Waals surface area contributed by atoms with Crippen molar-refractivity contribution in [1.29, 1.82) is 0 Å². The Morgan fingerprint density at radius 3 is 2.72 bits per heavy atom. The number of anilines is 1. The number of rotatable bonds is 7. The third-order valence-electron chi connectivity index (χ3n) is 6.79. The number of amides is 1. The number of aromatic nitrogens is 2. The highest BCUT2D eigenvalue weighted by molar-refractivity contribution is 5.98. The van der Waals surface area contributed by atoms with Gasteiger partial charge in [0.15, 0.2) is 11.6 Å². The monoisotopic (exact) mass is 497 g/mol. The van der Waals surface area contributed by atoms with Crippen LogP contribution in [0.4, 0.5) is 14.7 Å². The number of nitrogens with zero attached hydrogens (tertiary/aromatic N) is 2. The van der Waals surface area contributed by atoms with Crippen LogP contribution in [0.1, 0.15) is 47.6 Å². The van der Waals surface area contributed by atoms with Gasteiger partial charge in [0.1, 0.15) is 5.82 Å². The summed E-state index contributed by atoms with van der Waals surface area (Å²) in [6, 6.07) is 6.97. The number of halogens is 2. The number of ether oxygens (including phenoxy) is 2. The average molecular weight is 498 g/mol. The molecule has 8 nitrogen and oxygen atoms in total. The summed E-state index contributed by atoms with van der Waals surface area (Å²) in [4.78, 5) is 22.0. The zero-order valence-corrected chi connectivity index (χ0v) is 20.0. The van der Waals surface area contributed by atoms with Gasteiger partial charge in [0.25, 0.3) is 5.91 Å². The van der Waals surface area contributed by atoms with E-state index in [0.717, 1.165) is 32.2 Å². The van der Waals surface area contributed by atoms with E-state index in [-0.39, 0.29) is 28.8 Å². The summed E-state index contributed by atoms with van der Waals surface area (Å²) in [6.07, 6.45) is 4.85. The van der Waals surface area contributed by atoms with Crippen LogP contribution in [0.2, 0.25) is 0 Å². The quantitative estimate of drug-likeness (QED) is 0.458. The van der Waals surface area contributed by atoms with Crippen LogP contribution in [-0.4, -0.2) is 54.8 Å². The van der Waals surface area contributed by atoms with Gasteiger partial charge in [-0.1, -0.05) is 6.07 Å². The molecule has 2 aromatic carbocycles. The van der Waals surface area contributed by atoms with E-state index in [1.807, 2.05) is 0 Å². The highest BCUT2D eigenvalue weighted by atomic mass is 19.1. The molecule has 0 saturated carbocycles. The van der Waals surface area contributed by atoms with Gasteiger partial charge in [-0.05, 0) is 62.1 Å². The van der Waals surface area contributed by atoms with E-state index in [2.05, 4.69) is 25.9 Å². The van der Waals surface area contributed by atoms with Crippen molar-refractivity contribution in [2.24, 2.45) is 0 Å². The lowest BCUT2D eigenvalue weighted by atomic mass is 9.97. The van der Waals surface area contributed by atoms with Gasteiger partial charge in [-0.3, -0.25) is 4.79 Å². The summed E-state index contributed by atoms with van der Waals surface area (Å²) in [5.41, 5.74) is 1.07. The number of fused-ring (bicyclic) bond motifs is 1. The first-order chi connectivity index (χ1) is 17.5. The lowest BCUT2D eigenvalue weighted by molar-refractivity contribution is 0.0902. The van der Waals surface area contributed by atoms with E-state index in [1.165, 1.54) is 25.4 Å². The third-order valence-corrected chi connectivity index (χ3v) is 6.79. The van der Waals surface area contributed by atoms with Crippen molar-refractivity contribution < 1.29 is 23.0 Å². The molecule has 0 radical (unpaired) electrons. The maximum Gasteiger partial charge on any atom is 0.252 e. The Balaban J connectivity index is 1.40. The van der Waals surface area contributed by atoms with Gasteiger partial charge in [-0.25, -0.2) is 18.7 Å². The Bertz CT molecular complexity index is 1250. The van der Waals surface area contributed by atoms with E-state index in [4.69, 9.17) is 9.47 Å². The van der Waals surface area contributed by atoms with Crippen molar-refractivity contribution in [1.82, 2.24) is 20.6 Å². The van der Waals surface area contributed by atoms with Crippen molar-refractivity contribution >= 4 is 22.8 Å². The van der Waals surface area contributed by atoms with E-state index < -0.39 is 23.6 Å². The van der Waals surface area contributed by atoms with Gasteiger partial charge in [0, 0.05) is 37.1 Å². The first-order valence-corrected chi connectivity index (χ1v) is 12.2. The van der Waals surface area contributed by atoms with Crippen molar-refractivity contribution in [3.05, 3.63) is 59.3 Å². The summed E-state index contributed by atoms with van der Waals surface area (Å²) in [7, 11) is 1.40. The largest absolute Gasteiger partial charge is 0.494 e. The van der Waals surface area contributed by atoms with Crippen molar-refractivity contribution in [2.75, 3.05) is 32.2 Å². The lowest BCUT2D eigenvalue weighted by Crippen LogP contribution is -2.41. The second-order valence-corrected chi connectivity index (χ2v) is 9.16. The maximum atomic E-state index is 14.9. The molecule has 0 aliphatic carbocycles. The number of carbonyl (C=O) groups excluding carboxylic acids is 1. The molecule has 2 aliphatic rings. The minimum Gasteiger partial charge on any atom is -0.494 e. The zero-order valence-electron chi connectivity index (χ0n) is 20.0. The summed E-state index contributed by atoms with van der Waals surface area (Å²) in [5.74, 6) is -1.05. The molecule has 1 aromatic heterocycles. The van der Waals surface area contributed by atoms with E-state index in [0.29, 0.717) is 30.2 Å². The normalized spacial score (nSPS) is 19.2. The molecule has 0 spiro atoms. The molecule has 36 heavy (non-hydrogen) atoms. The Morgan fingerprint density at radius 2 is 2.00 bits per heavy atom. The molecule has 0 unspecified atom stereocenters. The fraction of sp³-hybridized carbons (Fsp3) is 0.423. The molecule has 0 bridgehead atoms. The molecule has 2 fully saturated rings. The Labute approximate surface area is 207 Å². The Hall–Kier alpha value is -3.37. The van der Waals surface area contributed by atoms with Gasteiger partial charge < -0.3 is 25.4 Å². The fourth-order valence-corrected chi connectivity index (χ4v) is 4.83. The lowest BCUT2D eigenvalue weighted by Gasteiger charge is -2.26. The van der Waals surface area contributed by atoms with Crippen molar-refractivity contribution in [3.63, 3.8) is 0 Å². The van der Waals surface area contributed by atoms with Crippen LogP contribution in [0.15, 0.2) is 36.5 Å². The van der Waals surface area contributed by atoms with E-state index in [9.17, 15) is 13.6 Å².